The molecule has 1 aromatic carbocycles. The summed E-state index contributed by atoms with van der Waals surface area (Å²) < 4.78 is 2.02. The molecule has 0 aliphatic rings. The monoisotopic (exact) mass is 315 g/mol. The molecule has 72 valence electrons. The van der Waals surface area contributed by atoms with E-state index in [2.05, 4.69) is 47.1 Å². The van der Waals surface area contributed by atoms with Crippen molar-refractivity contribution in [2.45, 2.75) is 0 Å². The fraction of sp³-hybridized carbons (Fsp3) is 0. The van der Waals surface area contributed by atoms with Crippen LogP contribution in [0.4, 0.5) is 11.6 Å². The van der Waals surface area contributed by atoms with Crippen LogP contribution >= 0.6 is 31.9 Å². The SMILES string of the molecule is Brc1ccc(Br)c(Nc2ncc[nH]2)c1. The Morgan fingerprint density at radius 1 is 1.29 bits per heavy atom. The highest BCUT2D eigenvalue weighted by atomic mass is 79.9. The Bertz CT molecular complexity index is 426. The third-order valence-electron chi connectivity index (χ3n) is 1.68. The number of hydrogen-bond donors (Lipinski definition) is 2. The molecule has 5 heteroatoms. The molecule has 0 amide bonds. The number of aromatic amines is 1. The topological polar surface area (TPSA) is 40.7 Å². The number of benzene rings is 1. The van der Waals surface area contributed by atoms with Crippen LogP contribution in [0, 0.1) is 0 Å². The summed E-state index contributed by atoms with van der Waals surface area (Å²) in [7, 11) is 0. The lowest BCUT2D eigenvalue weighted by Crippen LogP contribution is -1.92. The van der Waals surface area contributed by atoms with Gasteiger partial charge in [0.05, 0.1) is 5.69 Å². The standard InChI is InChI=1S/C9H7Br2N3/c10-6-1-2-7(11)8(5-6)14-9-12-3-4-13-9/h1-5H,(H2,12,13,14). The Kier molecular flexibility index (Phi) is 2.88. The predicted octanol–water partition coefficient (Wildman–Crippen LogP) is 3.68. The van der Waals surface area contributed by atoms with Gasteiger partial charge in [-0.05, 0) is 34.1 Å². The Hall–Kier alpha value is -0.810. The average Bonchev–Trinajstić information content (AvgIpc) is 2.64. The molecule has 2 N–H and O–H groups in total. The summed E-state index contributed by atoms with van der Waals surface area (Å²) in [6.07, 6.45) is 3.47. The lowest BCUT2D eigenvalue weighted by Gasteiger charge is -2.05. The average molecular weight is 317 g/mol. The van der Waals surface area contributed by atoms with Gasteiger partial charge in [0.25, 0.3) is 0 Å². The number of halogens is 2. The van der Waals surface area contributed by atoms with E-state index < -0.39 is 0 Å². The third-order valence-corrected chi connectivity index (χ3v) is 2.86. The molecular weight excluding hydrogens is 310 g/mol. The van der Waals surface area contributed by atoms with Crippen molar-refractivity contribution < 1.29 is 0 Å². The summed E-state index contributed by atoms with van der Waals surface area (Å²) in [5.74, 6) is 0.726. The first-order chi connectivity index (χ1) is 6.75. The fourth-order valence-corrected chi connectivity index (χ4v) is 1.76. The van der Waals surface area contributed by atoms with Crippen molar-refractivity contribution in [2.75, 3.05) is 5.32 Å². The van der Waals surface area contributed by atoms with Crippen molar-refractivity contribution in [3.63, 3.8) is 0 Å². The Morgan fingerprint density at radius 3 is 2.86 bits per heavy atom. The van der Waals surface area contributed by atoms with Crippen molar-refractivity contribution in [3.8, 4) is 0 Å². The summed E-state index contributed by atoms with van der Waals surface area (Å²) in [5, 5.41) is 3.15. The van der Waals surface area contributed by atoms with Gasteiger partial charge in [-0.15, -0.1) is 0 Å². The molecule has 0 saturated carbocycles. The normalized spacial score (nSPS) is 10.1. The van der Waals surface area contributed by atoms with Crippen LogP contribution in [-0.4, -0.2) is 9.97 Å². The van der Waals surface area contributed by atoms with Gasteiger partial charge < -0.3 is 10.3 Å². The second-order valence-corrected chi connectivity index (χ2v) is 4.46. The molecule has 0 bridgehead atoms. The maximum atomic E-state index is 4.08. The highest BCUT2D eigenvalue weighted by Crippen LogP contribution is 2.27. The number of hydrogen-bond acceptors (Lipinski definition) is 2. The van der Waals surface area contributed by atoms with Crippen LogP contribution < -0.4 is 5.32 Å². The van der Waals surface area contributed by atoms with Crippen molar-refractivity contribution >= 4 is 43.5 Å². The number of aromatic nitrogens is 2. The molecule has 0 saturated heterocycles. The van der Waals surface area contributed by atoms with E-state index in [1.54, 1.807) is 12.4 Å². The van der Waals surface area contributed by atoms with Crippen LogP contribution in [0.15, 0.2) is 39.5 Å². The molecule has 2 aromatic rings. The number of rotatable bonds is 2. The minimum absolute atomic E-state index is 0.726. The molecule has 1 aromatic heterocycles. The van der Waals surface area contributed by atoms with Crippen molar-refractivity contribution in [1.82, 2.24) is 9.97 Å². The van der Waals surface area contributed by atoms with E-state index in [-0.39, 0.29) is 0 Å². The molecule has 1 heterocycles. The van der Waals surface area contributed by atoms with Crippen LogP contribution in [0.25, 0.3) is 0 Å². The molecule has 2 rings (SSSR count). The second-order valence-electron chi connectivity index (χ2n) is 2.69. The van der Waals surface area contributed by atoms with Crippen LogP contribution in [0.3, 0.4) is 0 Å². The number of nitrogens with one attached hydrogen (secondary N) is 2. The molecule has 0 aliphatic heterocycles. The van der Waals surface area contributed by atoms with Gasteiger partial charge in [-0.2, -0.15) is 0 Å². The number of anilines is 2. The van der Waals surface area contributed by atoms with Gasteiger partial charge in [0.2, 0.25) is 5.95 Å². The van der Waals surface area contributed by atoms with Crippen LogP contribution in [0.2, 0.25) is 0 Å². The van der Waals surface area contributed by atoms with Gasteiger partial charge in [0, 0.05) is 21.3 Å². The molecule has 0 atom stereocenters. The van der Waals surface area contributed by atoms with Crippen molar-refractivity contribution in [2.24, 2.45) is 0 Å². The maximum absolute atomic E-state index is 4.08. The lowest BCUT2D eigenvalue weighted by molar-refractivity contribution is 1.28. The molecule has 0 spiro atoms. The maximum Gasteiger partial charge on any atom is 0.204 e. The van der Waals surface area contributed by atoms with E-state index in [1.807, 2.05) is 18.2 Å². The molecule has 0 fully saturated rings. The van der Waals surface area contributed by atoms with E-state index in [1.165, 1.54) is 0 Å². The van der Waals surface area contributed by atoms with Gasteiger partial charge in [0.1, 0.15) is 0 Å². The van der Waals surface area contributed by atoms with E-state index in [0.717, 1.165) is 20.6 Å². The second kappa shape index (κ2) is 4.14. The quantitative estimate of drug-likeness (QED) is 0.887. The summed E-state index contributed by atoms with van der Waals surface area (Å²) in [6, 6.07) is 5.92. The first-order valence-electron chi connectivity index (χ1n) is 3.97. The zero-order valence-corrected chi connectivity index (χ0v) is 10.3. The molecule has 0 unspecified atom stereocenters. The largest absolute Gasteiger partial charge is 0.331 e. The zero-order valence-electron chi connectivity index (χ0n) is 7.09. The van der Waals surface area contributed by atoms with Crippen LogP contribution in [0.1, 0.15) is 0 Å². The van der Waals surface area contributed by atoms with E-state index >= 15 is 0 Å². The number of nitrogens with zero attached hydrogens (tertiary/aromatic N) is 1. The zero-order chi connectivity index (χ0) is 9.97. The number of H-pyrrole nitrogens is 1. The predicted molar refractivity (Wildman–Crippen MR) is 63.7 cm³/mol. The number of imidazole rings is 1. The first kappa shape index (κ1) is 9.73. The van der Waals surface area contributed by atoms with Gasteiger partial charge in [-0.3, -0.25) is 0 Å². The minimum atomic E-state index is 0.726. The van der Waals surface area contributed by atoms with Crippen LogP contribution in [-0.2, 0) is 0 Å². The summed E-state index contributed by atoms with van der Waals surface area (Å²) >= 11 is 6.86. The summed E-state index contributed by atoms with van der Waals surface area (Å²) in [5.41, 5.74) is 0.967. The fourth-order valence-electron chi connectivity index (χ4n) is 1.05. The van der Waals surface area contributed by atoms with E-state index in [0.29, 0.717) is 0 Å². The summed E-state index contributed by atoms with van der Waals surface area (Å²) in [4.78, 5) is 7.05. The highest BCUT2D eigenvalue weighted by Gasteiger charge is 2.01. The molecule has 3 nitrogen and oxygen atoms in total. The van der Waals surface area contributed by atoms with Gasteiger partial charge in [-0.1, -0.05) is 15.9 Å². The highest BCUT2D eigenvalue weighted by molar-refractivity contribution is 9.11. The van der Waals surface area contributed by atoms with Crippen molar-refractivity contribution in [3.05, 3.63) is 39.5 Å². The molecule has 0 aliphatic carbocycles. The molecular formula is C9H7Br2N3. The first-order valence-corrected chi connectivity index (χ1v) is 5.56. The van der Waals surface area contributed by atoms with Crippen molar-refractivity contribution in [1.29, 1.82) is 0 Å². The molecule has 14 heavy (non-hydrogen) atoms. The molecule has 0 radical (unpaired) electrons. The Morgan fingerprint density at radius 2 is 2.14 bits per heavy atom. The van der Waals surface area contributed by atoms with E-state index in [4.69, 9.17) is 0 Å². The van der Waals surface area contributed by atoms with Crippen LogP contribution in [0.5, 0.6) is 0 Å². The van der Waals surface area contributed by atoms with Gasteiger partial charge in [0.15, 0.2) is 0 Å². The Labute approximate surface area is 98.2 Å². The minimum Gasteiger partial charge on any atom is -0.331 e. The summed E-state index contributed by atoms with van der Waals surface area (Å²) in [6.45, 7) is 0. The van der Waals surface area contributed by atoms with Gasteiger partial charge in [-0.25, -0.2) is 4.98 Å². The lowest BCUT2D eigenvalue weighted by atomic mass is 10.3. The third kappa shape index (κ3) is 2.16. The Balaban J connectivity index is 2.28. The van der Waals surface area contributed by atoms with Gasteiger partial charge >= 0.3 is 0 Å². The smallest absolute Gasteiger partial charge is 0.204 e. The van der Waals surface area contributed by atoms with E-state index in [9.17, 15) is 0 Å².